The third-order valence-electron chi connectivity index (χ3n) is 3.88. The minimum atomic E-state index is -0.420. The first kappa shape index (κ1) is 14.1. The number of aliphatic imine (C=N–C) groups is 1. The number of likely N-dealkylation sites (N-methyl/N-ethyl adjacent to an activating group) is 1. The molecule has 0 atom stereocenters. The van der Waals surface area contributed by atoms with Crippen molar-refractivity contribution in [3.8, 4) is 0 Å². The van der Waals surface area contributed by atoms with Gasteiger partial charge in [0.2, 0.25) is 5.84 Å². The molecule has 110 valence electrons. The minimum Gasteiger partial charge on any atom is -0.697 e. The molecule has 0 aromatic heterocycles. The first-order valence-corrected chi connectivity index (χ1v) is 7.08. The summed E-state index contributed by atoms with van der Waals surface area (Å²) in [4.78, 5) is 16.9. The van der Waals surface area contributed by atoms with Crippen LogP contribution in [0.2, 0.25) is 0 Å². The van der Waals surface area contributed by atoms with Crippen LogP contribution in [0.1, 0.15) is 5.56 Å². The van der Waals surface area contributed by atoms with Crippen LogP contribution >= 0.6 is 0 Å². The Morgan fingerprint density at radius 3 is 2.48 bits per heavy atom. The fourth-order valence-corrected chi connectivity index (χ4v) is 2.78. The van der Waals surface area contributed by atoms with Crippen molar-refractivity contribution in [1.82, 2.24) is 4.90 Å². The van der Waals surface area contributed by atoms with E-state index >= 15 is 0 Å². The summed E-state index contributed by atoms with van der Waals surface area (Å²) in [6.45, 7) is 3.48. The van der Waals surface area contributed by atoms with Gasteiger partial charge in [0, 0.05) is 17.7 Å². The maximum atomic E-state index is 10.7. The molecule has 2 heterocycles. The first-order chi connectivity index (χ1) is 10.00. The minimum absolute atomic E-state index is 0.0587. The summed E-state index contributed by atoms with van der Waals surface area (Å²) in [5.41, 5.74) is 0.820. The van der Waals surface area contributed by atoms with E-state index in [1.54, 1.807) is 12.1 Å². The van der Waals surface area contributed by atoms with Crippen molar-refractivity contribution in [1.29, 1.82) is 0 Å². The lowest BCUT2D eigenvalue weighted by atomic mass is 10.2. The highest BCUT2D eigenvalue weighted by Crippen LogP contribution is 2.23. The third-order valence-corrected chi connectivity index (χ3v) is 4.31. The van der Waals surface area contributed by atoms with Gasteiger partial charge in [0.15, 0.2) is 0 Å². The topological polar surface area (TPSA) is 71.1 Å². The zero-order valence-corrected chi connectivity index (χ0v) is 12.4. The van der Waals surface area contributed by atoms with Crippen LogP contribution in [0.25, 0.3) is 0 Å². The van der Waals surface area contributed by atoms with Crippen molar-refractivity contribution in [3.63, 3.8) is 0 Å². The van der Waals surface area contributed by atoms with Gasteiger partial charge in [-0.2, -0.15) is 9.58 Å². The molecule has 2 aliphatic heterocycles. The fraction of sp³-hybridized carbons (Fsp3) is 0.385. The van der Waals surface area contributed by atoms with Crippen molar-refractivity contribution in [2.45, 2.75) is 0 Å². The summed E-state index contributed by atoms with van der Waals surface area (Å²) < 4.78 is 0.381. The van der Waals surface area contributed by atoms with Gasteiger partial charge in [-0.1, -0.05) is 5.10 Å². The molecule has 8 heteroatoms. The summed E-state index contributed by atoms with van der Waals surface area (Å²) in [5, 5.41) is 16.0. The van der Waals surface area contributed by atoms with Gasteiger partial charge >= 0.3 is 0 Å². The van der Waals surface area contributed by atoms with Gasteiger partial charge in [-0.3, -0.25) is 15.0 Å². The Hall–Kier alpha value is -1.90. The lowest BCUT2D eigenvalue weighted by Crippen LogP contribution is -2.57. The Morgan fingerprint density at radius 1 is 1.29 bits per heavy atom. The molecule has 0 amide bonds. The number of amidine groups is 2. The van der Waals surface area contributed by atoms with Gasteiger partial charge in [-0.15, -0.1) is 0 Å². The summed E-state index contributed by atoms with van der Waals surface area (Å²) >= 11 is 5.40. The number of hydrogen-bond acceptors (Lipinski definition) is 6. The van der Waals surface area contributed by atoms with Crippen LogP contribution in [0.15, 0.2) is 34.4 Å². The Labute approximate surface area is 127 Å². The molecule has 7 nitrogen and oxygen atoms in total. The number of hydrogen-bond donors (Lipinski definition) is 0. The van der Waals surface area contributed by atoms with Crippen LogP contribution in [-0.4, -0.2) is 58.6 Å². The van der Waals surface area contributed by atoms with Crippen LogP contribution in [0.5, 0.6) is 0 Å². The molecule has 1 aromatic carbocycles. The quantitative estimate of drug-likeness (QED) is 0.353. The maximum absolute atomic E-state index is 10.7. The Morgan fingerprint density at radius 2 is 1.90 bits per heavy atom. The standard InChI is InChI=1S/C13H15N5O2S/c1-16-6-8-18(9-7-16)13(21)14-12(15-18)10-2-4-11(5-3-10)17(19)20/h2-5H,6-9H2,1H3. The van der Waals surface area contributed by atoms with E-state index in [1.165, 1.54) is 12.1 Å². The number of rotatable bonds is 2. The number of quaternary nitrogens is 1. The van der Waals surface area contributed by atoms with Crippen molar-refractivity contribution in [2.24, 2.45) is 10.1 Å². The molecule has 0 unspecified atom stereocenters. The normalized spacial score (nSPS) is 21.2. The molecule has 0 N–H and O–H groups in total. The summed E-state index contributed by atoms with van der Waals surface area (Å²) in [6.07, 6.45) is 0. The zero-order chi connectivity index (χ0) is 15.0. The van der Waals surface area contributed by atoms with Crippen molar-refractivity contribution >= 4 is 29.3 Å². The number of non-ortho nitro benzene ring substituents is 1. The zero-order valence-electron chi connectivity index (χ0n) is 11.6. The predicted octanol–water partition coefficient (Wildman–Crippen LogP) is 0.935. The van der Waals surface area contributed by atoms with E-state index < -0.39 is 4.92 Å². The van der Waals surface area contributed by atoms with E-state index in [9.17, 15) is 10.1 Å². The molecule has 0 radical (unpaired) electrons. The molecule has 0 aliphatic carbocycles. The highest BCUT2D eigenvalue weighted by Gasteiger charge is 2.37. The molecule has 1 saturated heterocycles. The number of nitrogens with zero attached hydrogens (tertiary/aromatic N) is 5. The van der Waals surface area contributed by atoms with Crippen molar-refractivity contribution in [2.75, 3.05) is 33.2 Å². The number of piperazine rings is 1. The predicted molar refractivity (Wildman–Crippen MR) is 81.9 cm³/mol. The molecule has 1 spiro atoms. The number of nitro groups is 1. The monoisotopic (exact) mass is 305 g/mol. The Balaban J connectivity index is 1.88. The van der Waals surface area contributed by atoms with E-state index in [0.29, 0.717) is 15.6 Å². The average Bonchev–Trinajstić information content (AvgIpc) is 2.80. The van der Waals surface area contributed by atoms with Gasteiger partial charge in [0.05, 0.1) is 18.0 Å². The van der Waals surface area contributed by atoms with Crippen LogP contribution < -0.4 is 0 Å². The third kappa shape index (κ3) is 2.53. The summed E-state index contributed by atoms with van der Waals surface area (Å²) in [7, 11) is 2.08. The lowest BCUT2D eigenvalue weighted by molar-refractivity contribution is -0.847. The molecule has 1 fully saturated rings. The van der Waals surface area contributed by atoms with Crippen molar-refractivity contribution in [3.05, 3.63) is 39.9 Å². The second-order valence-corrected chi connectivity index (χ2v) is 5.66. The highest BCUT2D eigenvalue weighted by molar-refractivity contribution is 7.76. The van der Waals surface area contributed by atoms with Gasteiger partial charge < -0.3 is 12.6 Å². The Kier molecular flexibility index (Phi) is 3.44. The smallest absolute Gasteiger partial charge is 0.269 e. The highest BCUT2D eigenvalue weighted by atomic mass is 32.1. The Bertz CT molecular complexity index is 632. The largest absolute Gasteiger partial charge is 0.697 e. The molecule has 3 rings (SSSR count). The van der Waals surface area contributed by atoms with Crippen LogP contribution in [0.4, 0.5) is 5.69 Å². The number of nitro benzene ring substituents is 1. The first-order valence-electron chi connectivity index (χ1n) is 6.67. The second-order valence-electron chi connectivity index (χ2n) is 5.30. The lowest BCUT2D eigenvalue weighted by Gasteiger charge is -2.38. The average molecular weight is 305 g/mol. The van der Waals surface area contributed by atoms with E-state index in [-0.39, 0.29) is 5.69 Å². The molecule has 0 saturated carbocycles. The second kappa shape index (κ2) is 5.14. The molecule has 2 aliphatic rings. The van der Waals surface area contributed by atoms with E-state index in [2.05, 4.69) is 22.0 Å². The fourth-order valence-electron chi connectivity index (χ4n) is 2.47. The molecule has 1 aromatic rings. The molecular weight excluding hydrogens is 290 g/mol. The van der Waals surface area contributed by atoms with Crippen molar-refractivity contribution < 1.29 is 9.52 Å². The van der Waals surface area contributed by atoms with Crippen LogP contribution in [0.3, 0.4) is 0 Å². The van der Waals surface area contributed by atoms with Gasteiger partial charge in [-0.05, 0) is 19.2 Å². The van der Waals surface area contributed by atoms with Crippen LogP contribution in [0, 0.1) is 10.1 Å². The van der Waals surface area contributed by atoms with Gasteiger partial charge in [0.1, 0.15) is 18.3 Å². The van der Waals surface area contributed by atoms with Gasteiger partial charge in [-0.25, -0.2) is 0 Å². The molecule has 0 bridgehead atoms. The SMILES string of the molecule is CN1CC[N+]2(CC1)N=C(c1ccc([N+](=O)[O-])cc1)N=C2[S-]. The summed E-state index contributed by atoms with van der Waals surface area (Å²) in [6, 6.07) is 6.26. The van der Waals surface area contributed by atoms with Gasteiger partial charge in [0.25, 0.3) is 5.69 Å². The number of benzene rings is 1. The molecule has 21 heavy (non-hydrogen) atoms. The summed E-state index contributed by atoms with van der Waals surface area (Å²) in [5.74, 6) is 0.569. The van der Waals surface area contributed by atoms with Crippen LogP contribution in [-0.2, 0) is 12.6 Å². The van der Waals surface area contributed by atoms with E-state index in [4.69, 9.17) is 12.6 Å². The van der Waals surface area contributed by atoms with E-state index in [1.807, 2.05) is 0 Å². The maximum Gasteiger partial charge on any atom is 0.269 e. The molecular formula is C13H15N5O2S. The van der Waals surface area contributed by atoms with E-state index in [0.717, 1.165) is 31.7 Å².